The van der Waals surface area contributed by atoms with Crippen LogP contribution in [0.15, 0.2) is 41.5 Å². The summed E-state index contributed by atoms with van der Waals surface area (Å²) in [7, 11) is -2.31. The second-order valence-corrected chi connectivity index (χ2v) is 14.4. The molecule has 2 aromatic rings. The van der Waals surface area contributed by atoms with Gasteiger partial charge in [-0.1, -0.05) is 32.4 Å². The van der Waals surface area contributed by atoms with Crippen molar-refractivity contribution >= 4 is 45.0 Å². The van der Waals surface area contributed by atoms with E-state index < -0.39 is 48.6 Å². The van der Waals surface area contributed by atoms with Crippen molar-refractivity contribution in [3.8, 4) is 0 Å². The fourth-order valence-corrected chi connectivity index (χ4v) is 9.49. The fraction of sp³-hybridized carbons (Fsp3) is 0.481. The fourth-order valence-electron chi connectivity index (χ4n) is 6.07. The van der Waals surface area contributed by atoms with E-state index in [-0.39, 0.29) is 35.6 Å². The largest absolute Gasteiger partial charge is 0.463 e. The number of carboxylic acid groups (broad SMARTS) is 1. The number of piperidine rings is 1. The van der Waals surface area contributed by atoms with Crippen molar-refractivity contribution in [3.05, 3.63) is 58.6 Å². The highest BCUT2D eigenvalue weighted by Gasteiger charge is 2.66. The monoisotopic (exact) mass is 593 g/mol. The van der Waals surface area contributed by atoms with E-state index in [1.807, 2.05) is 11.9 Å². The van der Waals surface area contributed by atoms with Crippen LogP contribution in [0.2, 0.25) is 5.02 Å². The Kier molecular flexibility index (Phi) is 7.76. The molecule has 3 heterocycles. The van der Waals surface area contributed by atoms with Gasteiger partial charge in [-0.15, -0.1) is 0 Å². The van der Waals surface area contributed by atoms with Gasteiger partial charge in [0.05, 0.1) is 15.8 Å². The molecular weight excluding hydrogens is 561 g/mol. The first kappa shape index (κ1) is 29.9. The normalized spacial score (nSPS) is 25.4. The number of sulfone groups is 1. The summed E-state index contributed by atoms with van der Waals surface area (Å²) in [5, 5.41) is 14.6. The number of nitrogens with zero attached hydrogens (tertiary/aromatic N) is 3. The van der Waals surface area contributed by atoms with Crippen molar-refractivity contribution in [2.24, 2.45) is 10.4 Å². The molecule has 2 aliphatic heterocycles. The Morgan fingerprint density at radius 2 is 1.88 bits per heavy atom. The molecule has 0 aliphatic carbocycles. The first-order valence-corrected chi connectivity index (χ1v) is 14.7. The van der Waals surface area contributed by atoms with Crippen LogP contribution in [0, 0.1) is 11.2 Å². The lowest BCUT2D eigenvalue weighted by molar-refractivity contribution is 0.102. The minimum atomic E-state index is -4.18. The Balaban J connectivity index is 1.87. The van der Waals surface area contributed by atoms with Gasteiger partial charge in [0.25, 0.3) is 5.91 Å². The lowest BCUT2D eigenvalue weighted by Gasteiger charge is -2.56. The third-order valence-electron chi connectivity index (χ3n) is 7.72. The van der Waals surface area contributed by atoms with Crippen molar-refractivity contribution in [1.82, 2.24) is 15.2 Å². The summed E-state index contributed by atoms with van der Waals surface area (Å²) in [5.41, 5.74) is -2.35. The van der Waals surface area contributed by atoms with E-state index in [1.54, 1.807) is 20.8 Å². The molecule has 2 saturated heterocycles. The number of nitrogens with one attached hydrogen (secondary N) is 2. The summed E-state index contributed by atoms with van der Waals surface area (Å²) in [5.74, 6) is -1.51. The van der Waals surface area contributed by atoms with E-state index in [4.69, 9.17) is 11.6 Å². The molecule has 10 nitrogen and oxygen atoms in total. The molecule has 2 aliphatic rings. The zero-order valence-corrected chi connectivity index (χ0v) is 24.5. The molecule has 3 N–H and O–H groups in total. The molecule has 2 atom stereocenters. The van der Waals surface area contributed by atoms with Crippen LogP contribution in [-0.4, -0.2) is 71.4 Å². The molecular formula is C27H33ClFN5O5S. The van der Waals surface area contributed by atoms with Crippen LogP contribution < -0.4 is 10.6 Å². The van der Waals surface area contributed by atoms with Crippen molar-refractivity contribution in [1.29, 1.82) is 0 Å². The van der Waals surface area contributed by atoms with Gasteiger partial charge in [0.1, 0.15) is 22.1 Å². The lowest BCUT2D eigenvalue weighted by atomic mass is 9.74. The SMILES string of the molecule is CN1CCC2(CC1)C(=NC(=O)O)NC(C)(c1cc(NC(=O)c3ccc(Cl)cn3)ccc1F)[C@@H](C(C)(C)C)S2(=O)=O. The van der Waals surface area contributed by atoms with E-state index in [2.05, 4.69) is 20.6 Å². The Bertz CT molecular complexity index is 1470. The number of amides is 2. The number of pyridine rings is 1. The standard InChI is InChI=1S/C27H33ClFN5O5S/c1-25(2,3)22-26(4,33-23(32-24(36)37)27(40(22,38)39)10-12-34(5)13-11-27)18-14-17(7-8-19(18)29)31-21(35)20-9-6-16(28)15-30-20/h6-9,14-15,22H,10-13H2,1-5H3,(H,31,35)(H,32,33)(H,36,37)/t22-,26?/m1/s1. The highest BCUT2D eigenvalue weighted by Crippen LogP contribution is 2.51. The van der Waals surface area contributed by atoms with Gasteiger partial charge in [0.15, 0.2) is 9.84 Å². The molecule has 13 heteroatoms. The van der Waals surface area contributed by atoms with Crippen LogP contribution in [0.5, 0.6) is 0 Å². The van der Waals surface area contributed by atoms with Gasteiger partial charge >= 0.3 is 6.09 Å². The first-order chi connectivity index (χ1) is 18.5. The third kappa shape index (κ3) is 5.19. The lowest BCUT2D eigenvalue weighted by Crippen LogP contribution is -2.74. The number of likely N-dealkylation sites (tertiary alicyclic amines) is 1. The molecule has 0 bridgehead atoms. The Labute approximate surface area is 238 Å². The topological polar surface area (TPSA) is 141 Å². The average Bonchev–Trinajstić information content (AvgIpc) is 2.83. The predicted octanol–water partition coefficient (Wildman–Crippen LogP) is 4.32. The second-order valence-electron chi connectivity index (χ2n) is 11.7. The van der Waals surface area contributed by atoms with Gasteiger partial charge in [0.2, 0.25) is 0 Å². The van der Waals surface area contributed by atoms with Crippen LogP contribution in [0.4, 0.5) is 14.9 Å². The van der Waals surface area contributed by atoms with Crippen LogP contribution in [0.25, 0.3) is 0 Å². The third-order valence-corrected chi connectivity index (χ3v) is 11.4. The van der Waals surface area contributed by atoms with Gasteiger partial charge in [-0.25, -0.2) is 22.6 Å². The van der Waals surface area contributed by atoms with Crippen molar-refractivity contribution in [2.45, 2.75) is 56.1 Å². The number of anilines is 1. The number of carbonyl (C=O) groups is 2. The number of halogens is 2. The Morgan fingerprint density at radius 3 is 2.42 bits per heavy atom. The highest BCUT2D eigenvalue weighted by molar-refractivity contribution is 7.94. The summed E-state index contributed by atoms with van der Waals surface area (Å²) in [6.07, 6.45) is 0.0469. The van der Waals surface area contributed by atoms with Crippen LogP contribution >= 0.6 is 11.6 Å². The number of hydrogen-bond acceptors (Lipinski definition) is 6. The number of benzene rings is 1. The molecule has 1 aromatic carbocycles. The summed E-state index contributed by atoms with van der Waals surface area (Å²) in [6.45, 7) is 7.64. The van der Waals surface area contributed by atoms with E-state index >= 15 is 4.39 Å². The summed E-state index contributed by atoms with van der Waals surface area (Å²) in [6, 6.07) is 6.78. The van der Waals surface area contributed by atoms with Crippen LogP contribution in [0.3, 0.4) is 0 Å². The maximum absolute atomic E-state index is 15.7. The van der Waals surface area contributed by atoms with E-state index in [9.17, 15) is 23.1 Å². The molecule has 1 unspecified atom stereocenters. The van der Waals surface area contributed by atoms with Crippen molar-refractivity contribution in [2.75, 3.05) is 25.5 Å². The molecule has 2 fully saturated rings. The first-order valence-electron chi connectivity index (χ1n) is 12.8. The van der Waals surface area contributed by atoms with Gasteiger partial charge in [0, 0.05) is 17.4 Å². The van der Waals surface area contributed by atoms with E-state index in [1.165, 1.54) is 37.4 Å². The van der Waals surface area contributed by atoms with Crippen LogP contribution in [0.1, 0.15) is 56.6 Å². The second kappa shape index (κ2) is 10.4. The van der Waals surface area contributed by atoms with Crippen molar-refractivity contribution in [3.63, 3.8) is 0 Å². The summed E-state index contributed by atoms with van der Waals surface area (Å²) >= 11 is 5.85. The number of hydrogen-bond donors (Lipinski definition) is 3. The highest BCUT2D eigenvalue weighted by atomic mass is 35.5. The van der Waals surface area contributed by atoms with Gasteiger partial charge in [-0.05, 0) is 75.6 Å². The summed E-state index contributed by atoms with van der Waals surface area (Å²) in [4.78, 5) is 34.3. The minimum absolute atomic E-state index is 0.0567. The Morgan fingerprint density at radius 1 is 1.23 bits per heavy atom. The van der Waals surface area contributed by atoms with Crippen molar-refractivity contribution < 1.29 is 27.5 Å². The number of rotatable bonds is 3. The molecule has 1 spiro atoms. The van der Waals surface area contributed by atoms with Crippen LogP contribution in [-0.2, 0) is 15.4 Å². The molecule has 2 amide bonds. The number of carbonyl (C=O) groups excluding carboxylic acids is 1. The molecule has 0 saturated carbocycles. The maximum Gasteiger partial charge on any atom is 0.432 e. The number of amidine groups is 1. The molecule has 4 rings (SSSR count). The van der Waals surface area contributed by atoms with Gasteiger partial charge in [-0.2, -0.15) is 4.99 Å². The smallest absolute Gasteiger partial charge is 0.432 e. The quantitative estimate of drug-likeness (QED) is 0.478. The number of aromatic nitrogens is 1. The van der Waals surface area contributed by atoms with E-state index in [0.717, 1.165) is 6.07 Å². The minimum Gasteiger partial charge on any atom is -0.463 e. The molecule has 1 aromatic heterocycles. The Hall–Kier alpha value is -3.09. The van der Waals surface area contributed by atoms with E-state index in [0.29, 0.717) is 18.1 Å². The zero-order chi connectivity index (χ0) is 29.7. The molecule has 0 radical (unpaired) electrons. The predicted molar refractivity (Wildman–Crippen MR) is 151 cm³/mol. The number of aliphatic imine (C=N–C) groups is 1. The molecule has 40 heavy (non-hydrogen) atoms. The van der Waals surface area contributed by atoms with Gasteiger partial charge in [-0.3, -0.25) is 4.79 Å². The summed E-state index contributed by atoms with van der Waals surface area (Å²) < 4.78 is 43.4. The van der Waals surface area contributed by atoms with Gasteiger partial charge < -0.3 is 20.6 Å². The maximum atomic E-state index is 15.7. The zero-order valence-electron chi connectivity index (χ0n) is 23.0. The average molecular weight is 594 g/mol. The molecule has 216 valence electrons.